The summed E-state index contributed by atoms with van der Waals surface area (Å²) in [7, 11) is 0. The van der Waals surface area contributed by atoms with Crippen molar-refractivity contribution in [2.45, 2.75) is 38.8 Å². The minimum atomic E-state index is -2.06. The van der Waals surface area contributed by atoms with Crippen molar-refractivity contribution in [3.63, 3.8) is 0 Å². The highest BCUT2D eigenvalue weighted by Crippen LogP contribution is 2.39. The maximum atomic E-state index is 11.2. The molecule has 154 valence electrons. The number of aromatic nitrogens is 2. The Morgan fingerprint density at radius 2 is 2.20 bits per heavy atom. The van der Waals surface area contributed by atoms with Gasteiger partial charge in [0.2, 0.25) is 11.3 Å². The van der Waals surface area contributed by atoms with Crippen LogP contribution in [-0.2, 0) is 17.7 Å². The molecule has 30 heavy (non-hydrogen) atoms. The van der Waals surface area contributed by atoms with E-state index in [4.69, 9.17) is 9.72 Å². The van der Waals surface area contributed by atoms with Crippen LogP contribution < -0.4 is 9.46 Å². The molecular weight excluding hydrogens is 420 g/mol. The van der Waals surface area contributed by atoms with Gasteiger partial charge in [-0.15, -0.1) is 0 Å². The predicted octanol–water partition coefficient (Wildman–Crippen LogP) is 4.24. The number of nitriles is 1. The first-order valence-electron chi connectivity index (χ1n) is 9.50. The zero-order valence-corrected chi connectivity index (χ0v) is 18.1. The van der Waals surface area contributed by atoms with Gasteiger partial charge in [0.25, 0.3) is 0 Å². The van der Waals surface area contributed by atoms with Gasteiger partial charge in [0.1, 0.15) is 16.8 Å². The Kier molecular flexibility index (Phi) is 5.92. The highest BCUT2D eigenvalue weighted by molar-refractivity contribution is 7.77. The largest absolute Gasteiger partial charge is 0.490 e. The lowest BCUT2D eigenvalue weighted by Crippen LogP contribution is -2.20. The lowest BCUT2D eigenvalue weighted by molar-refractivity contribution is 0.242. The summed E-state index contributed by atoms with van der Waals surface area (Å²) >= 11 is -0.754. The number of rotatable bonds is 6. The van der Waals surface area contributed by atoms with Crippen LogP contribution in [0, 0.1) is 11.3 Å². The van der Waals surface area contributed by atoms with Gasteiger partial charge in [0.05, 0.1) is 11.7 Å². The highest BCUT2D eigenvalue weighted by Gasteiger charge is 2.27. The molecule has 9 heteroatoms. The quantitative estimate of drug-likeness (QED) is 0.555. The van der Waals surface area contributed by atoms with Crippen LogP contribution in [0.3, 0.4) is 0 Å². The molecule has 0 spiro atoms. The summed E-state index contributed by atoms with van der Waals surface area (Å²) in [6.45, 7) is 3.83. The first-order chi connectivity index (χ1) is 14.5. The van der Waals surface area contributed by atoms with Crippen molar-refractivity contribution in [2.75, 3.05) is 0 Å². The normalized spacial score (nSPS) is 16.3. The van der Waals surface area contributed by atoms with Crippen LogP contribution in [0.2, 0.25) is 0 Å². The number of nitrogens with one attached hydrogen (secondary N) is 1. The van der Waals surface area contributed by atoms with E-state index in [1.54, 1.807) is 12.1 Å². The standard InChI is InChI=1S/C21H20N4O3S2/c1-12(2)28-19-9-6-13(10-14(19)11-22)20-23-21(29-24-20)17-5-3-4-16-15(17)7-8-18(16)25-30(26)27/h3-6,9-10,12,18,25H,7-8H2,1-2H3,(H,26,27)/t18-/m0/s1. The maximum Gasteiger partial charge on any atom is 0.232 e. The van der Waals surface area contributed by atoms with Gasteiger partial charge in [-0.25, -0.2) is 13.9 Å². The lowest BCUT2D eigenvalue weighted by atomic mass is 10.0. The molecule has 0 fully saturated rings. The number of nitrogens with zero attached hydrogens (tertiary/aromatic N) is 3. The second kappa shape index (κ2) is 8.62. The van der Waals surface area contributed by atoms with E-state index in [-0.39, 0.29) is 12.1 Å². The second-order valence-corrected chi connectivity index (χ2v) is 8.73. The summed E-state index contributed by atoms with van der Waals surface area (Å²) in [5.41, 5.74) is 4.34. The Morgan fingerprint density at radius 1 is 1.37 bits per heavy atom. The highest BCUT2D eigenvalue weighted by atomic mass is 32.2. The Bertz CT molecular complexity index is 1150. The van der Waals surface area contributed by atoms with Gasteiger partial charge < -0.3 is 4.74 Å². The first kappa shape index (κ1) is 20.6. The molecule has 1 aliphatic carbocycles. The van der Waals surface area contributed by atoms with Crippen molar-refractivity contribution in [1.29, 1.82) is 5.26 Å². The minimum Gasteiger partial charge on any atom is -0.490 e. The zero-order chi connectivity index (χ0) is 21.3. The smallest absolute Gasteiger partial charge is 0.232 e. The molecule has 3 aromatic rings. The molecule has 0 bridgehead atoms. The van der Waals surface area contributed by atoms with E-state index in [1.807, 2.05) is 38.1 Å². The molecule has 0 saturated carbocycles. The third-order valence-corrected chi connectivity index (χ3v) is 6.13. The van der Waals surface area contributed by atoms with Crippen LogP contribution in [0.25, 0.3) is 22.0 Å². The minimum absolute atomic E-state index is 0.0197. The fourth-order valence-electron chi connectivity index (χ4n) is 3.66. The van der Waals surface area contributed by atoms with Crippen molar-refractivity contribution in [2.24, 2.45) is 0 Å². The molecule has 1 aromatic heterocycles. The van der Waals surface area contributed by atoms with Gasteiger partial charge >= 0.3 is 0 Å². The summed E-state index contributed by atoms with van der Waals surface area (Å²) in [6.07, 6.45) is 1.54. The molecule has 4 rings (SSSR count). The fraction of sp³-hybridized carbons (Fsp3) is 0.286. The van der Waals surface area contributed by atoms with E-state index < -0.39 is 11.3 Å². The fourth-order valence-corrected chi connectivity index (χ4v) is 4.89. The van der Waals surface area contributed by atoms with Crippen molar-refractivity contribution in [3.05, 3.63) is 53.1 Å². The number of fused-ring (bicyclic) bond motifs is 1. The third-order valence-electron chi connectivity index (χ3n) is 4.89. The van der Waals surface area contributed by atoms with Gasteiger partial charge in [0.15, 0.2) is 5.82 Å². The van der Waals surface area contributed by atoms with Crippen molar-refractivity contribution in [1.82, 2.24) is 14.1 Å². The Hall–Kier alpha value is -2.64. The molecule has 2 atom stereocenters. The van der Waals surface area contributed by atoms with E-state index in [9.17, 15) is 14.0 Å². The summed E-state index contributed by atoms with van der Waals surface area (Å²) in [5.74, 6) is 1.11. The van der Waals surface area contributed by atoms with Gasteiger partial charge in [-0.1, -0.05) is 18.2 Å². The number of hydrogen-bond acceptors (Lipinski definition) is 6. The van der Waals surface area contributed by atoms with Crippen molar-refractivity contribution in [3.8, 4) is 33.8 Å². The van der Waals surface area contributed by atoms with E-state index in [0.717, 1.165) is 40.1 Å². The summed E-state index contributed by atoms with van der Waals surface area (Å²) < 4.78 is 33.2. The summed E-state index contributed by atoms with van der Waals surface area (Å²) in [4.78, 5) is 4.71. The molecule has 0 aliphatic heterocycles. The lowest BCUT2D eigenvalue weighted by Gasteiger charge is -2.11. The van der Waals surface area contributed by atoms with Gasteiger partial charge in [-0.05, 0) is 67.5 Å². The Balaban J connectivity index is 1.66. The predicted molar refractivity (Wildman–Crippen MR) is 116 cm³/mol. The topological polar surface area (TPSA) is 108 Å². The van der Waals surface area contributed by atoms with Crippen molar-refractivity contribution < 1.29 is 13.5 Å². The van der Waals surface area contributed by atoms with Crippen LogP contribution in [0.15, 0.2) is 36.4 Å². The summed E-state index contributed by atoms with van der Waals surface area (Å²) in [5, 5.41) is 10.3. The van der Waals surface area contributed by atoms with Gasteiger partial charge in [-0.3, -0.25) is 4.55 Å². The molecule has 1 heterocycles. The molecule has 7 nitrogen and oxygen atoms in total. The monoisotopic (exact) mass is 440 g/mol. The van der Waals surface area contributed by atoms with E-state index in [2.05, 4.69) is 15.2 Å². The SMILES string of the molecule is CC(C)Oc1ccc(-c2nsc(-c3cccc4c3CC[C@@H]4NS(=O)O)n2)cc1C#N. The second-order valence-electron chi connectivity index (χ2n) is 7.24. The Labute approximate surface area is 181 Å². The van der Waals surface area contributed by atoms with E-state index >= 15 is 0 Å². The molecule has 2 N–H and O–H groups in total. The van der Waals surface area contributed by atoms with Crippen LogP contribution in [0.4, 0.5) is 0 Å². The van der Waals surface area contributed by atoms with Crippen LogP contribution >= 0.6 is 11.5 Å². The number of hydrogen-bond donors (Lipinski definition) is 2. The van der Waals surface area contributed by atoms with E-state index in [1.165, 1.54) is 11.5 Å². The van der Waals surface area contributed by atoms with Gasteiger partial charge in [0, 0.05) is 17.2 Å². The maximum absolute atomic E-state index is 11.2. The molecule has 1 unspecified atom stereocenters. The molecule has 2 aromatic carbocycles. The molecule has 1 aliphatic rings. The van der Waals surface area contributed by atoms with Crippen LogP contribution in [0.1, 0.15) is 43.0 Å². The molecule has 0 radical (unpaired) electrons. The van der Waals surface area contributed by atoms with Gasteiger partial charge in [-0.2, -0.15) is 9.64 Å². The number of benzene rings is 2. The Morgan fingerprint density at radius 3 is 2.93 bits per heavy atom. The molecule has 0 saturated heterocycles. The average molecular weight is 441 g/mol. The van der Waals surface area contributed by atoms with Crippen LogP contribution in [-0.4, -0.2) is 24.2 Å². The zero-order valence-electron chi connectivity index (χ0n) is 16.5. The summed E-state index contributed by atoms with van der Waals surface area (Å²) in [6, 6.07) is 13.3. The molecule has 0 amide bonds. The number of ether oxygens (including phenoxy) is 1. The van der Waals surface area contributed by atoms with E-state index in [0.29, 0.717) is 17.1 Å². The van der Waals surface area contributed by atoms with Crippen molar-refractivity contribution >= 4 is 22.8 Å². The average Bonchev–Trinajstić information content (AvgIpc) is 3.35. The first-order valence-corrected chi connectivity index (χ1v) is 11.4. The molecular formula is C21H20N4O3S2. The third kappa shape index (κ3) is 4.13. The van der Waals surface area contributed by atoms with Crippen LogP contribution in [0.5, 0.6) is 5.75 Å².